The van der Waals surface area contributed by atoms with Gasteiger partial charge in [-0.2, -0.15) is 14.6 Å². The van der Waals surface area contributed by atoms with E-state index in [0.717, 1.165) is 22.4 Å². The largest absolute Gasteiger partial charge is 0.387 e. The third kappa shape index (κ3) is 2.53. The Morgan fingerprint density at radius 3 is 2.50 bits per heavy atom. The molecule has 0 bridgehead atoms. The quantitative estimate of drug-likeness (QED) is 0.796. The molecule has 2 heterocycles. The standard InChI is InChI=1S/C16H18N4O2/c1-10-4-11(2)6-13(5-10)14(21)8-19-12(3)7-15(22)20-16(19)17-9-18-20/h4-7,9,14,21H,8H2,1-3H3. The fourth-order valence-corrected chi connectivity index (χ4v) is 2.76. The molecule has 22 heavy (non-hydrogen) atoms. The minimum atomic E-state index is -0.680. The van der Waals surface area contributed by atoms with E-state index in [2.05, 4.69) is 16.1 Å². The maximum absolute atomic E-state index is 11.8. The van der Waals surface area contributed by atoms with Gasteiger partial charge in [0.05, 0.1) is 12.6 Å². The van der Waals surface area contributed by atoms with Crippen molar-refractivity contribution in [2.45, 2.75) is 33.4 Å². The Kier molecular flexibility index (Phi) is 3.54. The number of nitrogens with zero attached hydrogens (tertiary/aromatic N) is 4. The zero-order valence-electron chi connectivity index (χ0n) is 12.8. The number of fused-ring (bicyclic) bond motifs is 1. The van der Waals surface area contributed by atoms with E-state index in [4.69, 9.17) is 0 Å². The van der Waals surface area contributed by atoms with Crippen molar-refractivity contribution in [3.05, 3.63) is 63.3 Å². The van der Waals surface area contributed by atoms with Crippen molar-refractivity contribution in [1.82, 2.24) is 19.2 Å². The number of benzene rings is 1. The lowest BCUT2D eigenvalue weighted by atomic mass is 10.0. The van der Waals surface area contributed by atoms with Crippen LogP contribution < -0.4 is 5.56 Å². The van der Waals surface area contributed by atoms with Crippen LogP contribution in [-0.2, 0) is 6.54 Å². The zero-order valence-corrected chi connectivity index (χ0v) is 12.8. The first-order valence-electron chi connectivity index (χ1n) is 7.12. The molecule has 0 fully saturated rings. The lowest BCUT2D eigenvalue weighted by Gasteiger charge is -2.17. The molecule has 0 amide bonds. The smallest absolute Gasteiger partial charge is 0.275 e. The minimum Gasteiger partial charge on any atom is -0.387 e. The normalized spacial score (nSPS) is 12.7. The summed E-state index contributed by atoms with van der Waals surface area (Å²) < 4.78 is 3.04. The molecule has 0 radical (unpaired) electrons. The van der Waals surface area contributed by atoms with Crippen LogP contribution in [0.5, 0.6) is 0 Å². The molecule has 0 aliphatic carbocycles. The molecule has 2 aromatic heterocycles. The van der Waals surface area contributed by atoms with Crippen LogP contribution in [0.3, 0.4) is 0 Å². The van der Waals surface area contributed by atoms with Crippen LogP contribution in [0.4, 0.5) is 0 Å². The molecule has 3 aromatic rings. The van der Waals surface area contributed by atoms with Gasteiger partial charge in [0.1, 0.15) is 6.33 Å². The molecule has 1 aromatic carbocycles. The van der Waals surface area contributed by atoms with Gasteiger partial charge in [0.15, 0.2) is 0 Å². The van der Waals surface area contributed by atoms with Gasteiger partial charge in [-0.05, 0) is 26.3 Å². The summed E-state index contributed by atoms with van der Waals surface area (Å²) >= 11 is 0. The van der Waals surface area contributed by atoms with Crippen molar-refractivity contribution < 1.29 is 5.11 Å². The van der Waals surface area contributed by atoms with Crippen molar-refractivity contribution in [1.29, 1.82) is 0 Å². The zero-order chi connectivity index (χ0) is 15.9. The van der Waals surface area contributed by atoms with E-state index >= 15 is 0 Å². The van der Waals surface area contributed by atoms with Gasteiger partial charge in [-0.3, -0.25) is 4.79 Å². The molecule has 3 rings (SSSR count). The van der Waals surface area contributed by atoms with E-state index in [-0.39, 0.29) is 5.56 Å². The average Bonchev–Trinajstić information content (AvgIpc) is 2.91. The fraction of sp³-hybridized carbons (Fsp3) is 0.312. The van der Waals surface area contributed by atoms with Gasteiger partial charge in [0.25, 0.3) is 5.56 Å². The molecular formula is C16H18N4O2. The summed E-state index contributed by atoms with van der Waals surface area (Å²) in [4.78, 5) is 16.0. The van der Waals surface area contributed by atoms with Crippen LogP contribution >= 0.6 is 0 Å². The first-order chi connectivity index (χ1) is 10.5. The Balaban J connectivity index is 2.02. The molecule has 0 aliphatic rings. The number of aryl methyl sites for hydroxylation is 3. The highest BCUT2D eigenvalue weighted by Crippen LogP contribution is 2.19. The van der Waals surface area contributed by atoms with Gasteiger partial charge in [-0.1, -0.05) is 29.3 Å². The third-order valence-corrected chi connectivity index (χ3v) is 3.72. The van der Waals surface area contributed by atoms with Gasteiger partial charge in [-0.15, -0.1) is 0 Å². The Morgan fingerprint density at radius 1 is 1.14 bits per heavy atom. The van der Waals surface area contributed by atoms with Gasteiger partial charge in [0, 0.05) is 11.8 Å². The van der Waals surface area contributed by atoms with Crippen molar-refractivity contribution in [2.75, 3.05) is 0 Å². The maximum Gasteiger partial charge on any atom is 0.275 e. The van der Waals surface area contributed by atoms with Gasteiger partial charge in [-0.25, -0.2) is 0 Å². The summed E-state index contributed by atoms with van der Waals surface area (Å²) in [5.74, 6) is 0.438. The van der Waals surface area contributed by atoms with Crippen LogP contribution in [0, 0.1) is 20.8 Å². The van der Waals surface area contributed by atoms with Crippen molar-refractivity contribution in [2.24, 2.45) is 0 Å². The highest BCUT2D eigenvalue weighted by Gasteiger charge is 2.14. The summed E-state index contributed by atoms with van der Waals surface area (Å²) in [5, 5.41) is 14.5. The van der Waals surface area contributed by atoms with E-state index in [9.17, 15) is 9.90 Å². The molecule has 1 atom stereocenters. The molecule has 1 unspecified atom stereocenters. The SMILES string of the molecule is Cc1cc(C)cc(C(O)Cn2c(C)cc(=O)n3ncnc23)c1. The number of rotatable bonds is 3. The molecular weight excluding hydrogens is 280 g/mol. The van der Waals surface area contributed by atoms with E-state index in [1.165, 1.54) is 16.9 Å². The lowest BCUT2D eigenvalue weighted by Crippen LogP contribution is -2.22. The van der Waals surface area contributed by atoms with Crippen LogP contribution in [0.25, 0.3) is 5.78 Å². The van der Waals surface area contributed by atoms with Gasteiger partial charge >= 0.3 is 0 Å². The average molecular weight is 298 g/mol. The maximum atomic E-state index is 11.8. The minimum absolute atomic E-state index is 0.220. The molecule has 6 nitrogen and oxygen atoms in total. The Hall–Kier alpha value is -2.47. The van der Waals surface area contributed by atoms with Crippen molar-refractivity contribution in [3.63, 3.8) is 0 Å². The van der Waals surface area contributed by atoms with Gasteiger partial charge < -0.3 is 9.67 Å². The molecule has 0 aliphatic heterocycles. The second-order valence-electron chi connectivity index (χ2n) is 5.64. The van der Waals surface area contributed by atoms with E-state index in [1.807, 2.05) is 32.9 Å². The lowest BCUT2D eigenvalue weighted by molar-refractivity contribution is 0.156. The van der Waals surface area contributed by atoms with Crippen LogP contribution in [0.1, 0.15) is 28.5 Å². The van der Waals surface area contributed by atoms with E-state index in [1.54, 1.807) is 4.57 Å². The first-order valence-corrected chi connectivity index (χ1v) is 7.12. The second-order valence-corrected chi connectivity index (χ2v) is 5.64. The predicted molar refractivity (Wildman–Crippen MR) is 82.9 cm³/mol. The summed E-state index contributed by atoms with van der Waals surface area (Å²) in [5.41, 5.74) is 3.60. The molecule has 0 saturated heterocycles. The van der Waals surface area contributed by atoms with Crippen molar-refractivity contribution in [3.8, 4) is 0 Å². The van der Waals surface area contributed by atoms with Gasteiger partial charge in [0.2, 0.25) is 5.78 Å². The molecule has 1 N–H and O–H groups in total. The Morgan fingerprint density at radius 2 is 1.82 bits per heavy atom. The molecule has 6 heteroatoms. The fourth-order valence-electron chi connectivity index (χ4n) is 2.76. The topological polar surface area (TPSA) is 72.4 Å². The number of hydrogen-bond donors (Lipinski definition) is 1. The van der Waals surface area contributed by atoms with Crippen LogP contribution in [0.15, 0.2) is 35.4 Å². The number of aliphatic hydroxyl groups is 1. The van der Waals surface area contributed by atoms with Crippen LogP contribution in [-0.4, -0.2) is 24.3 Å². The summed E-state index contributed by atoms with van der Waals surface area (Å²) in [6.07, 6.45) is 0.663. The first kappa shape index (κ1) is 14.5. The molecule has 114 valence electrons. The molecule has 0 saturated carbocycles. The van der Waals surface area contributed by atoms with E-state index < -0.39 is 6.10 Å². The summed E-state index contributed by atoms with van der Waals surface area (Å²) in [6.45, 7) is 6.15. The highest BCUT2D eigenvalue weighted by atomic mass is 16.3. The highest BCUT2D eigenvalue weighted by molar-refractivity contribution is 5.32. The summed E-state index contributed by atoms with van der Waals surface area (Å²) in [6, 6.07) is 7.50. The number of aliphatic hydroxyl groups excluding tert-OH is 1. The van der Waals surface area contributed by atoms with Crippen molar-refractivity contribution >= 4 is 5.78 Å². The van der Waals surface area contributed by atoms with E-state index in [0.29, 0.717) is 12.3 Å². The number of hydrogen-bond acceptors (Lipinski definition) is 4. The second kappa shape index (κ2) is 5.38. The molecule has 0 spiro atoms. The summed E-state index contributed by atoms with van der Waals surface area (Å²) in [7, 11) is 0. The third-order valence-electron chi connectivity index (χ3n) is 3.72. The monoisotopic (exact) mass is 298 g/mol. The Bertz CT molecular complexity index is 875. The number of aromatic nitrogens is 4. The predicted octanol–water partition coefficient (Wildman–Crippen LogP) is 1.55. The Labute approximate surface area is 127 Å². The van der Waals surface area contributed by atoms with Crippen LogP contribution in [0.2, 0.25) is 0 Å².